The number of likely N-dealkylation sites (N-methyl/N-ethyl adjacent to an activating group) is 1. The van der Waals surface area contributed by atoms with Crippen LogP contribution < -0.4 is 5.32 Å². The van der Waals surface area contributed by atoms with E-state index in [1.54, 1.807) is 7.05 Å². The molecular weight excluding hydrogens is 186 g/mol. The first-order valence-corrected chi connectivity index (χ1v) is 4.51. The van der Waals surface area contributed by atoms with Crippen LogP contribution in [0.4, 0.5) is 0 Å². The van der Waals surface area contributed by atoms with Gasteiger partial charge in [-0.2, -0.15) is 0 Å². The number of benzene rings is 1. The number of hydrogen-bond acceptors (Lipinski definition) is 1. The van der Waals surface area contributed by atoms with Crippen LogP contribution in [-0.2, 0) is 4.79 Å². The van der Waals surface area contributed by atoms with Gasteiger partial charge in [-0.25, -0.2) is 0 Å². The molecule has 1 aromatic carbocycles. The van der Waals surface area contributed by atoms with E-state index < -0.39 is 5.38 Å². The summed E-state index contributed by atoms with van der Waals surface area (Å²) in [5, 5.41) is 1.93. The van der Waals surface area contributed by atoms with Crippen molar-refractivity contribution < 1.29 is 4.79 Å². The number of aryl methyl sites for hydroxylation is 1. The standard InChI is InChI=1S/C10H12ClNO/c1-7-5-3-4-6-8(7)9(11)10(13)12-2/h3-6,9H,1-2H3,(H,12,13). The summed E-state index contributed by atoms with van der Waals surface area (Å²) >= 11 is 5.95. The molecule has 0 radical (unpaired) electrons. The third-order valence-corrected chi connectivity index (χ3v) is 2.37. The zero-order valence-electron chi connectivity index (χ0n) is 7.67. The molecule has 1 rings (SSSR count). The van der Waals surface area contributed by atoms with Crippen LogP contribution in [0.5, 0.6) is 0 Å². The molecule has 13 heavy (non-hydrogen) atoms. The maximum Gasteiger partial charge on any atom is 0.242 e. The Balaban J connectivity index is 2.95. The second-order valence-corrected chi connectivity index (χ2v) is 3.27. The summed E-state index contributed by atoms with van der Waals surface area (Å²) in [6, 6.07) is 7.60. The Kier molecular flexibility index (Phi) is 3.32. The van der Waals surface area contributed by atoms with E-state index in [2.05, 4.69) is 5.32 Å². The molecule has 0 fully saturated rings. The fourth-order valence-corrected chi connectivity index (χ4v) is 1.49. The van der Waals surface area contributed by atoms with Gasteiger partial charge in [0.25, 0.3) is 0 Å². The first-order chi connectivity index (χ1) is 6.16. The second-order valence-electron chi connectivity index (χ2n) is 2.83. The topological polar surface area (TPSA) is 29.1 Å². The van der Waals surface area contributed by atoms with Gasteiger partial charge in [-0.15, -0.1) is 11.6 Å². The predicted octanol–water partition coefficient (Wildman–Crippen LogP) is 2.02. The second kappa shape index (κ2) is 4.28. The molecule has 3 heteroatoms. The van der Waals surface area contributed by atoms with Crippen LogP contribution in [0.25, 0.3) is 0 Å². The molecule has 0 aromatic heterocycles. The summed E-state index contributed by atoms with van der Waals surface area (Å²) in [7, 11) is 1.58. The van der Waals surface area contributed by atoms with Crippen molar-refractivity contribution in [2.45, 2.75) is 12.3 Å². The number of carbonyl (C=O) groups excluding carboxylic acids is 1. The summed E-state index contributed by atoms with van der Waals surface area (Å²) in [5.41, 5.74) is 1.90. The Bertz CT molecular complexity index is 312. The van der Waals surface area contributed by atoms with Crippen LogP contribution in [0.2, 0.25) is 0 Å². The quantitative estimate of drug-likeness (QED) is 0.723. The first kappa shape index (κ1) is 10.1. The van der Waals surface area contributed by atoms with Crippen molar-refractivity contribution in [2.24, 2.45) is 0 Å². The van der Waals surface area contributed by atoms with Crippen LogP contribution in [0.3, 0.4) is 0 Å². The van der Waals surface area contributed by atoms with Gasteiger partial charge >= 0.3 is 0 Å². The summed E-state index contributed by atoms with van der Waals surface area (Å²) in [6.07, 6.45) is 0. The fourth-order valence-electron chi connectivity index (χ4n) is 1.14. The van der Waals surface area contributed by atoms with E-state index in [4.69, 9.17) is 11.6 Å². The SMILES string of the molecule is CNC(=O)C(Cl)c1ccccc1C. The van der Waals surface area contributed by atoms with Crippen molar-refractivity contribution in [1.29, 1.82) is 0 Å². The number of rotatable bonds is 2. The van der Waals surface area contributed by atoms with Gasteiger partial charge in [-0.3, -0.25) is 4.79 Å². The molecule has 0 spiro atoms. The molecule has 0 aliphatic heterocycles. The highest BCUT2D eigenvalue weighted by atomic mass is 35.5. The van der Waals surface area contributed by atoms with E-state index in [-0.39, 0.29) is 5.91 Å². The van der Waals surface area contributed by atoms with Crippen LogP contribution in [0, 0.1) is 6.92 Å². The van der Waals surface area contributed by atoms with Crippen molar-refractivity contribution >= 4 is 17.5 Å². The summed E-state index contributed by atoms with van der Waals surface area (Å²) < 4.78 is 0. The Morgan fingerprint density at radius 3 is 2.62 bits per heavy atom. The lowest BCUT2D eigenvalue weighted by Gasteiger charge is -2.10. The van der Waals surface area contributed by atoms with Gasteiger partial charge in [0.05, 0.1) is 0 Å². The van der Waals surface area contributed by atoms with Crippen LogP contribution >= 0.6 is 11.6 Å². The van der Waals surface area contributed by atoms with Crippen molar-refractivity contribution in [2.75, 3.05) is 7.05 Å². The van der Waals surface area contributed by atoms with Gasteiger partial charge in [0.2, 0.25) is 5.91 Å². The number of amides is 1. The highest BCUT2D eigenvalue weighted by molar-refractivity contribution is 6.30. The monoisotopic (exact) mass is 197 g/mol. The zero-order valence-corrected chi connectivity index (χ0v) is 8.43. The van der Waals surface area contributed by atoms with Gasteiger partial charge in [0.1, 0.15) is 5.38 Å². The van der Waals surface area contributed by atoms with E-state index >= 15 is 0 Å². The molecule has 1 amide bonds. The molecule has 1 atom stereocenters. The number of nitrogens with one attached hydrogen (secondary N) is 1. The van der Waals surface area contributed by atoms with Crippen LogP contribution in [-0.4, -0.2) is 13.0 Å². The third kappa shape index (κ3) is 2.22. The molecular formula is C10H12ClNO. The summed E-state index contributed by atoms with van der Waals surface area (Å²) in [6.45, 7) is 1.94. The number of alkyl halides is 1. The maximum atomic E-state index is 11.2. The van der Waals surface area contributed by atoms with E-state index in [1.165, 1.54) is 0 Å². The van der Waals surface area contributed by atoms with E-state index in [1.807, 2.05) is 31.2 Å². The molecule has 70 valence electrons. The number of hydrogen-bond donors (Lipinski definition) is 1. The average Bonchev–Trinajstić information content (AvgIpc) is 2.16. The molecule has 0 saturated heterocycles. The lowest BCUT2D eigenvalue weighted by molar-refractivity contribution is -0.120. The predicted molar refractivity (Wildman–Crippen MR) is 53.8 cm³/mol. The molecule has 0 heterocycles. The van der Waals surface area contributed by atoms with E-state index in [0.717, 1.165) is 11.1 Å². The smallest absolute Gasteiger partial charge is 0.242 e. The summed E-state index contributed by atoms with van der Waals surface area (Å²) in [5.74, 6) is -0.170. The lowest BCUT2D eigenvalue weighted by atomic mass is 10.1. The van der Waals surface area contributed by atoms with Crippen LogP contribution in [0.15, 0.2) is 24.3 Å². The van der Waals surface area contributed by atoms with Gasteiger partial charge in [0, 0.05) is 7.05 Å². The largest absolute Gasteiger partial charge is 0.358 e. The zero-order chi connectivity index (χ0) is 9.84. The van der Waals surface area contributed by atoms with Gasteiger partial charge in [-0.1, -0.05) is 24.3 Å². The summed E-state index contributed by atoms with van der Waals surface area (Å²) in [4.78, 5) is 11.2. The molecule has 1 aromatic rings. The van der Waals surface area contributed by atoms with Crippen molar-refractivity contribution in [1.82, 2.24) is 5.32 Å². The molecule has 0 aliphatic carbocycles. The fraction of sp³-hybridized carbons (Fsp3) is 0.300. The highest BCUT2D eigenvalue weighted by Gasteiger charge is 2.16. The molecule has 0 bridgehead atoms. The molecule has 0 aliphatic rings. The van der Waals surface area contributed by atoms with Crippen molar-refractivity contribution in [3.05, 3.63) is 35.4 Å². The third-order valence-electron chi connectivity index (χ3n) is 1.94. The molecule has 0 saturated carbocycles. The Morgan fingerprint density at radius 1 is 1.46 bits per heavy atom. The van der Waals surface area contributed by atoms with Gasteiger partial charge in [0.15, 0.2) is 0 Å². The van der Waals surface area contributed by atoms with E-state index in [0.29, 0.717) is 0 Å². The van der Waals surface area contributed by atoms with Gasteiger partial charge < -0.3 is 5.32 Å². The minimum Gasteiger partial charge on any atom is -0.358 e. The Labute approximate surface area is 82.9 Å². The Morgan fingerprint density at radius 2 is 2.08 bits per heavy atom. The first-order valence-electron chi connectivity index (χ1n) is 4.08. The van der Waals surface area contributed by atoms with E-state index in [9.17, 15) is 4.79 Å². The minimum absolute atomic E-state index is 0.170. The highest BCUT2D eigenvalue weighted by Crippen LogP contribution is 2.23. The lowest BCUT2D eigenvalue weighted by Crippen LogP contribution is -2.22. The molecule has 1 unspecified atom stereocenters. The molecule has 1 N–H and O–H groups in total. The number of carbonyl (C=O) groups is 1. The molecule has 2 nitrogen and oxygen atoms in total. The van der Waals surface area contributed by atoms with Crippen molar-refractivity contribution in [3.8, 4) is 0 Å². The normalized spacial score (nSPS) is 12.2. The van der Waals surface area contributed by atoms with Crippen LogP contribution in [0.1, 0.15) is 16.5 Å². The maximum absolute atomic E-state index is 11.2. The van der Waals surface area contributed by atoms with Gasteiger partial charge in [-0.05, 0) is 18.1 Å². The Hall–Kier alpha value is -1.02. The van der Waals surface area contributed by atoms with Crippen molar-refractivity contribution in [3.63, 3.8) is 0 Å². The minimum atomic E-state index is -0.591. The average molecular weight is 198 g/mol. The number of halogens is 1.